The molecule has 1 aromatic heterocycles. The molecule has 1 N–H and O–H groups in total. The second-order valence-corrected chi connectivity index (χ2v) is 7.68. The van der Waals surface area contributed by atoms with Crippen LogP contribution in [0.5, 0.6) is 0 Å². The van der Waals surface area contributed by atoms with Gasteiger partial charge in [-0.05, 0) is 65.2 Å². The molecule has 0 saturated carbocycles. The maximum atomic E-state index is 12.4. The van der Waals surface area contributed by atoms with Crippen LogP contribution in [-0.2, 0) is 16.4 Å². The zero-order valence-electron chi connectivity index (χ0n) is 13.4. The van der Waals surface area contributed by atoms with E-state index in [0.29, 0.717) is 18.0 Å². The maximum Gasteiger partial charge on any atom is 0.240 e. The second-order valence-electron chi connectivity index (χ2n) is 5.48. The number of aromatic nitrogens is 4. The van der Waals surface area contributed by atoms with Crippen molar-refractivity contribution < 1.29 is 8.42 Å². The van der Waals surface area contributed by atoms with Gasteiger partial charge in [0.2, 0.25) is 10.0 Å². The summed E-state index contributed by atoms with van der Waals surface area (Å²) < 4.78 is 29.0. The molecule has 3 aromatic rings. The minimum atomic E-state index is -3.58. The monoisotopic (exact) mass is 377 g/mol. The third-order valence-electron chi connectivity index (χ3n) is 3.69. The number of rotatable bonds is 6. The normalized spacial score (nSPS) is 11.6. The Hall–Kier alpha value is -2.29. The molecule has 0 aliphatic heterocycles. The lowest BCUT2D eigenvalue weighted by Crippen LogP contribution is -2.26. The average Bonchev–Trinajstić information content (AvgIpc) is 3.11. The van der Waals surface area contributed by atoms with Crippen molar-refractivity contribution in [2.75, 3.05) is 6.54 Å². The van der Waals surface area contributed by atoms with Gasteiger partial charge in [0.1, 0.15) is 6.33 Å². The molecular weight excluding hydrogens is 362 g/mol. The number of nitrogens with one attached hydrogen (secondary N) is 1. The summed E-state index contributed by atoms with van der Waals surface area (Å²) in [6.07, 6.45) is 2.04. The van der Waals surface area contributed by atoms with E-state index in [9.17, 15) is 8.42 Å². The van der Waals surface area contributed by atoms with Crippen LogP contribution in [0.2, 0.25) is 5.02 Å². The second kappa shape index (κ2) is 7.30. The highest BCUT2D eigenvalue weighted by atomic mass is 35.5. The van der Waals surface area contributed by atoms with Crippen molar-refractivity contribution in [3.63, 3.8) is 0 Å². The Balaban J connectivity index is 1.69. The third-order valence-corrected chi connectivity index (χ3v) is 5.40. The fraction of sp³-hybridized carbons (Fsp3) is 0.188. The van der Waals surface area contributed by atoms with Gasteiger partial charge in [0.25, 0.3) is 0 Å². The fourth-order valence-electron chi connectivity index (χ4n) is 2.39. The molecule has 0 radical (unpaired) electrons. The average molecular weight is 378 g/mol. The van der Waals surface area contributed by atoms with E-state index in [1.54, 1.807) is 24.3 Å². The van der Waals surface area contributed by atoms with E-state index in [2.05, 4.69) is 20.2 Å². The number of hydrogen-bond donors (Lipinski definition) is 1. The van der Waals surface area contributed by atoms with Crippen molar-refractivity contribution in [1.82, 2.24) is 24.9 Å². The number of benzene rings is 2. The highest BCUT2D eigenvalue weighted by Gasteiger charge is 2.15. The van der Waals surface area contributed by atoms with Crippen LogP contribution in [0.4, 0.5) is 0 Å². The van der Waals surface area contributed by atoms with Crippen molar-refractivity contribution in [2.24, 2.45) is 0 Å². The summed E-state index contributed by atoms with van der Waals surface area (Å²) in [7, 11) is -3.58. The maximum absolute atomic E-state index is 12.4. The van der Waals surface area contributed by atoms with Gasteiger partial charge in [0.15, 0.2) is 0 Å². The van der Waals surface area contributed by atoms with Crippen LogP contribution in [-0.4, -0.2) is 35.2 Å². The topological polar surface area (TPSA) is 89.8 Å². The lowest BCUT2D eigenvalue weighted by atomic mass is 10.2. The van der Waals surface area contributed by atoms with Crippen LogP contribution >= 0.6 is 11.6 Å². The summed E-state index contributed by atoms with van der Waals surface area (Å²) in [4.78, 5) is 0.206. The quantitative estimate of drug-likeness (QED) is 0.710. The molecule has 0 atom stereocenters. The van der Waals surface area contributed by atoms with Gasteiger partial charge in [0, 0.05) is 11.6 Å². The summed E-state index contributed by atoms with van der Waals surface area (Å²) in [6, 6.07) is 12.1. The molecule has 1 heterocycles. The van der Waals surface area contributed by atoms with E-state index in [1.807, 2.05) is 19.1 Å². The lowest BCUT2D eigenvalue weighted by Gasteiger charge is -2.10. The van der Waals surface area contributed by atoms with Crippen molar-refractivity contribution in [3.05, 3.63) is 64.9 Å². The fourth-order valence-corrected chi connectivity index (χ4v) is 3.63. The molecule has 0 aliphatic rings. The van der Waals surface area contributed by atoms with Gasteiger partial charge in [-0.15, -0.1) is 5.10 Å². The number of tetrazole rings is 1. The third kappa shape index (κ3) is 4.22. The Morgan fingerprint density at radius 2 is 1.92 bits per heavy atom. The first-order valence-corrected chi connectivity index (χ1v) is 9.40. The summed E-state index contributed by atoms with van der Waals surface area (Å²) >= 11 is 5.84. The molecule has 0 saturated heterocycles. The SMILES string of the molecule is Cc1cc(S(=O)(=O)NCCc2ccc(Cl)cc2)ccc1-n1cnnn1. The number of nitrogens with zero attached hydrogens (tertiary/aromatic N) is 4. The molecule has 0 unspecified atom stereocenters. The van der Waals surface area contributed by atoms with E-state index in [0.717, 1.165) is 16.8 Å². The summed E-state index contributed by atoms with van der Waals surface area (Å²) in [5, 5.41) is 11.6. The minimum Gasteiger partial charge on any atom is -0.211 e. The Kier molecular flexibility index (Phi) is 5.12. The van der Waals surface area contributed by atoms with Gasteiger partial charge < -0.3 is 0 Å². The van der Waals surface area contributed by atoms with Crippen molar-refractivity contribution in [3.8, 4) is 5.69 Å². The van der Waals surface area contributed by atoms with Crippen LogP contribution in [0.15, 0.2) is 53.7 Å². The Bertz CT molecular complexity index is 957. The van der Waals surface area contributed by atoms with Gasteiger partial charge in [-0.2, -0.15) is 0 Å². The molecule has 0 amide bonds. The molecule has 7 nitrogen and oxygen atoms in total. The van der Waals surface area contributed by atoms with E-state index in [1.165, 1.54) is 17.1 Å². The number of aryl methyl sites for hydroxylation is 1. The van der Waals surface area contributed by atoms with Gasteiger partial charge in [-0.1, -0.05) is 23.7 Å². The molecule has 0 bridgehead atoms. The highest BCUT2D eigenvalue weighted by Crippen LogP contribution is 2.18. The Morgan fingerprint density at radius 1 is 1.16 bits per heavy atom. The minimum absolute atomic E-state index is 0.206. The predicted octanol–water partition coefficient (Wildman–Crippen LogP) is 2.15. The van der Waals surface area contributed by atoms with Gasteiger partial charge >= 0.3 is 0 Å². The summed E-state index contributed by atoms with van der Waals surface area (Å²) in [5.41, 5.74) is 2.50. The Morgan fingerprint density at radius 3 is 2.56 bits per heavy atom. The van der Waals surface area contributed by atoms with Gasteiger partial charge in [-0.3, -0.25) is 0 Å². The molecule has 0 spiro atoms. The van der Waals surface area contributed by atoms with Crippen LogP contribution in [0.25, 0.3) is 5.69 Å². The smallest absolute Gasteiger partial charge is 0.211 e. The van der Waals surface area contributed by atoms with Crippen molar-refractivity contribution in [2.45, 2.75) is 18.2 Å². The molecule has 3 rings (SSSR count). The number of hydrogen-bond acceptors (Lipinski definition) is 5. The first-order chi connectivity index (χ1) is 12.0. The first-order valence-electron chi connectivity index (χ1n) is 7.54. The lowest BCUT2D eigenvalue weighted by molar-refractivity contribution is 0.581. The molecule has 0 aliphatic carbocycles. The van der Waals surface area contributed by atoms with Crippen molar-refractivity contribution in [1.29, 1.82) is 0 Å². The first kappa shape index (κ1) is 17.5. The zero-order valence-corrected chi connectivity index (χ0v) is 15.0. The molecule has 130 valence electrons. The highest BCUT2D eigenvalue weighted by molar-refractivity contribution is 7.89. The molecular formula is C16H16ClN5O2S. The Labute approximate surface area is 150 Å². The van der Waals surface area contributed by atoms with E-state index < -0.39 is 10.0 Å². The molecule has 25 heavy (non-hydrogen) atoms. The van der Waals surface area contributed by atoms with Crippen LogP contribution in [0.1, 0.15) is 11.1 Å². The predicted molar refractivity (Wildman–Crippen MR) is 94.2 cm³/mol. The largest absolute Gasteiger partial charge is 0.240 e. The molecule has 0 fully saturated rings. The van der Waals surface area contributed by atoms with Gasteiger partial charge in [0.05, 0.1) is 10.6 Å². The summed E-state index contributed by atoms with van der Waals surface area (Å²) in [6.45, 7) is 2.11. The number of halogens is 1. The van der Waals surface area contributed by atoms with E-state index in [4.69, 9.17) is 11.6 Å². The van der Waals surface area contributed by atoms with E-state index in [-0.39, 0.29) is 4.90 Å². The van der Waals surface area contributed by atoms with Crippen LogP contribution in [0.3, 0.4) is 0 Å². The van der Waals surface area contributed by atoms with Crippen LogP contribution in [0, 0.1) is 6.92 Å². The van der Waals surface area contributed by atoms with Crippen LogP contribution < -0.4 is 4.72 Å². The van der Waals surface area contributed by atoms with E-state index >= 15 is 0 Å². The molecule has 9 heteroatoms. The number of sulfonamides is 1. The zero-order chi connectivity index (χ0) is 17.9. The summed E-state index contributed by atoms with van der Waals surface area (Å²) in [5.74, 6) is 0. The molecule has 2 aromatic carbocycles. The standard InChI is InChI=1S/C16H16ClN5O2S/c1-12-10-15(6-7-16(12)22-11-18-20-21-22)25(23,24)19-9-8-13-2-4-14(17)5-3-13/h2-7,10-11,19H,8-9H2,1H3. The van der Waals surface area contributed by atoms with Gasteiger partial charge in [-0.25, -0.2) is 17.8 Å². The van der Waals surface area contributed by atoms with Crippen molar-refractivity contribution >= 4 is 21.6 Å².